The van der Waals surface area contributed by atoms with E-state index in [9.17, 15) is 9.59 Å². The van der Waals surface area contributed by atoms with E-state index in [1.807, 2.05) is 42.5 Å². The van der Waals surface area contributed by atoms with Crippen LogP contribution >= 0.6 is 27.3 Å². The lowest BCUT2D eigenvalue weighted by molar-refractivity contribution is -0.112. The van der Waals surface area contributed by atoms with Gasteiger partial charge in [0.15, 0.2) is 0 Å². The molecule has 28 heavy (non-hydrogen) atoms. The molecule has 0 fully saturated rings. The van der Waals surface area contributed by atoms with Gasteiger partial charge in [-0.25, -0.2) is 9.66 Å². The van der Waals surface area contributed by atoms with Crippen LogP contribution in [0.3, 0.4) is 0 Å². The van der Waals surface area contributed by atoms with Gasteiger partial charge in [-0.3, -0.25) is 15.0 Å². The summed E-state index contributed by atoms with van der Waals surface area (Å²) in [6, 6.07) is 19.0. The number of amides is 1. The minimum atomic E-state index is -0.405. The third kappa shape index (κ3) is 3.95. The lowest BCUT2D eigenvalue weighted by atomic mass is 10.2. The number of para-hydroxylation sites is 1. The van der Waals surface area contributed by atoms with Crippen molar-refractivity contribution in [2.24, 2.45) is 0 Å². The summed E-state index contributed by atoms with van der Waals surface area (Å²) < 4.78 is 2.12. The molecular weight excluding hydrogens is 438 g/mol. The normalized spacial score (nSPS) is 11.2. The Balaban J connectivity index is 1.48. The van der Waals surface area contributed by atoms with Crippen LogP contribution in [-0.2, 0) is 4.79 Å². The summed E-state index contributed by atoms with van der Waals surface area (Å²) in [6.07, 6.45) is 4.44. The van der Waals surface area contributed by atoms with E-state index in [1.54, 1.807) is 35.6 Å². The predicted octanol–water partition coefficient (Wildman–Crippen LogP) is 4.67. The van der Waals surface area contributed by atoms with Crippen LogP contribution in [0.25, 0.3) is 27.4 Å². The molecule has 0 aliphatic rings. The Labute approximate surface area is 173 Å². The Morgan fingerprint density at radius 2 is 1.86 bits per heavy atom. The summed E-state index contributed by atoms with van der Waals surface area (Å²) in [4.78, 5) is 30.8. The zero-order valence-electron chi connectivity index (χ0n) is 14.5. The first-order chi connectivity index (χ1) is 13.6. The van der Waals surface area contributed by atoms with Gasteiger partial charge >= 0.3 is 0 Å². The molecule has 2 aromatic carbocycles. The number of hydrogen-bond acceptors (Lipinski definition) is 4. The Kier molecular flexibility index (Phi) is 5.18. The fourth-order valence-corrected chi connectivity index (χ4v) is 3.85. The van der Waals surface area contributed by atoms with E-state index in [1.165, 1.54) is 12.4 Å². The number of nitrogens with one attached hydrogen (secondary N) is 1. The van der Waals surface area contributed by atoms with Crippen LogP contribution in [0, 0.1) is 0 Å². The molecule has 0 bridgehead atoms. The molecule has 1 amide bonds. The van der Waals surface area contributed by atoms with Gasteiger partial charge in [0, 0.05) is 20.3 Å². The van der Waals surface area contributed by atoms with Crippen LogP contribution in [0.5, 0.6) is 0 Å². The molecule has 2 heterocycles. The molecular formula is C21H14BrN3O2S. The molecule has 0 aliphatic carbocycles. The van der Waals surface area contributed by atoms with Gasteiger partial charge in [-0.1, -0.05) is 40.2 Å². The average molecular weight is 452 g/mol. The smallest absolute Gasteiger partial charge is 0.268 e. The van der Waals surface area contributed by atoms with Crippen molar-refractivity contribution in [3.8, 4) is 10.4 Å². The van der Waals surface area contributed by atoms with Crippen molar-refractivity contribution in [1.29, 1.82) is 0 Å². The van der Waals surface area contributed by atoms with Crippen LogP contribution in [0.4, 0.5) is 0 Å². The van der Waals surface area contributed by atoms with Gasteiger partial charge in [-0.05, 0) is 48.0 Å². The fourth-order valence-electron chi connectivity index (χ4n) is 2.67. The van der Waals surface area contributed by atoms with E-state index in [-0.39, 0.29) is 5.56 Å². The number of rotatable bonds is 4. The highest BCUT2D eigenvalue weighted by Crippen LogP contribution is 2.29. The lowest BCUT2D eigenvalue weighted by Crippen LogP contribution is -2.32. The number of carbonyl (C=O) groups excluding carboxylic acids is 1. The number of hydrogen-bond donors (Lipinski definition) is 1. The number of benzene rings is 2. The van der Waals surface area contributed by atoms with E-state index in [2.05, 4.69) is 26.3 Å². The van der Waals surface area contributed by atoms with Crippen LogP contribution in [0.1, 0.15) is 4.88 Å². The second kappa shape index (κ2) is 7.92. The minimum absolute atomic E-state index is 0.319. The van der Waals surface area contributed by atoms with Crippen LogP contribution < -0.4 is 11.0 Å². The van der Waals surface area contributed by atoms with Gasteiger partial charge in [0.05, 0.1) is 10.9 Å². The molecule has 5 nitrogen and oxygen atoms in total. The molecule has 4 aromatic rings. The quantitative estimate of drug-likeness (QED) is 0.458. The standard InChI is InChI=1S/C21H14BrN3O2S/c22-15-7-5-14(6-8-15)19-11-9-16(28-19)10-12-20(26)24-25-13-23-18-4-2-1-3-17(18)21(25)27/h1-13H,(H,24,26). The number of fused-ring (bicyclic) bond motifs is 1. The molecule has 4 rings (SSSR count). The zero-order valence-corrected chi connectivity index (χ0v) is 16.9. The van der Waals surface area contributed by atoms with E-state index < -0.39 is 5.91 Å². The summed E-state index contributed by atoms with van der Waals surface area (Å²) >= 11 is 5.01. The molecule has 2 aromatic heterocycles. The van der Waals surface area contributed by atoms with Crippen molar-refractivity contribution >= 4 is 50.2 Å². The maximum atomic E-state index is 12.4. The monoisotopic (exact) mass is 451 g/mol. The molecule has 7 heteroatoms. The molecule has 0 unspecified atom stereocenters. The van der Waals surface area contributed by atoms with Gasteiger partial charge in [0.25, 0.3) is 11.5 Å². The van der Waals surface area contributed by atoms with E-state index in [0.29, 0.717) is 10.9 Å². The first kappa shape index (κ1) is 18.3. The number of nitrogens with zero attached hydrogens (tertiary/aromatic N) is 2. The highest BCUT2D eigenvalue weighted by atomic mass is 79.9. The van der Waals surface area contributed by atoms with E-state index in [0.717, 1.165) is 24.5 Å². The Bertz CT molecular complexity index is 1240. The highest BCUT2D eigenvalue weighted by molar-refractivity contribution is 9.10. The minimum Gasteiger partial charge on any atom is -0.268 e. The summed E-state index contributed by atoms with van der Waals surface area (Å²) in [5.74, 6) is -0.405. The lowest BCUT2D eigenvalue weighted by Gasteiger charge is -2.06. The van der Waals surface area contributed by atoms with Crippen LogP contribution in [-0.4, -0.2) is 15.6 Å². The maximum Gasteiger partial charge on any atom is 0.280 e. The second-order valence-corrected chi connectivity index (χ2v) is 7.99. The maximum absolute atomic E-state index is 12.4. The number of carbonyl (C=O) groups is 1. The molecule has 0 radical (unpaired) electrons. The summed E-state index contributed by atoms with van der Waals surface area (Å²) in [5.41, 5.74) is 3.92. The van der Waals surface area contributed by atoms with E-state index >= 15 is 0 Å². The zero-order chi connectivity index (χ0) is 19.5. The van der Waals surface area contributed by atoms with Gasteiger partial charge in [0.2, 0.25) is 0 Å². The van der Waals surface area contributed by atoms with Crippen LogP contribution in [0.2, 0.25) is 0 Å². The Hall–Kier alpha value is -3.03. The van der Waals surface area contributed by atoms with Gasteiger partial charge in [-0.2, -0.15) is 0 Å². The fraction of sp³-hybridized carbons (Fsp3) is 0. The van der Waals surface area contributed by atoms with Crippen LogP contribution in [0.15, 0.2) is 82.3 Å². The Morgan fingerprint density at radius 3 is 2.68 bits per heavy atom. The first-order valence-electron chi connectivity index (χ1n) is 8.41. The molecule has 0 saturated carbocycles. The number of aromatic nitrogens is 2. The SMILES string of the molecule is O=C(C=Cc1ccc(-c2ccc(Br)cc2)s1)Nn1cnc2ccccc2c1=O. The second-order valence-electron chi connectivity index (χ2n) is 5.96. The molecule has 0 spiro atoms. The largest absolute Gasteiger partial charge is 0.280 e. The molecule has 0 atom stereocenters. The van der Waals surface area contributed by atoms with Crippen molar-refractivity contribution in [1.82, 2.24) is 9.66 Å². The van der Waals surface area contributed by atoms with Gasteiger partial charge in [-0.15, -0.1) is 11.3 Å². The van der Waals surface area contributed by atoms with E-state index in [4.69, 9.17) is 0 Å². The van der Waals surface area contributed by atoms with Crippen molar-refractivity contribution in [2.45, 2.75) is 0 Å². The topological polar surface area (TPSA) is 64.0 Å². The highest BCUT2D eigenvalue weighted by Gasteiger charge is 2.06. The average Bonchev–Trinajstić information content (AvgIpc) is 3.18. The number of thiophene rings is 1. The molecule has 138 valence electrons. The van der Waals surface area contributed by atoms with Gasteiger partial charge < -0.3 is 0 Å². The Morgan fingerprint density at radius 1 is 1.07 bits per heavy atom. The molecule has 0 aliphatic heterocycles. The third-order valence-corrected chi connectivity index (χ3v) is 5.68. The number of halogens is 1. The molecule has 1 N–H and O–H groups in total. The van der Waals surface area contributed by atoms with Crippen molar-refractivity contribution < 1.29 is 4.79 Å². The third-order valence-electron chi connectivity index (χ3n) is 4.05. The summed E-state index contributed by atoms with van der Waals surface area (Å²) in [6.45, 7) is 0. The van der Waals surface area contributed by atoms with Gasteiger partial charge in [0.1, 0.15) is 6.33 Å². The predicted molar refractivity (Wildman–Crippen MR) is 117 cm³/mol. The van der Waals surface area contributed by atoms with Crippen molar-refractivity contribution in [3.05, 3.63) is 92.8 Å². The van der Waals surface area contributed by atoms with Crippen molar-refractivity contribution in [2.75, 3.05) is 5.43 Å². The summed E-state index contributed by atoms with van der Waals surface area (Å²) in [7, 11) is 0. The first-order valence-corrected chi connectivity index (χ1v) is 10.0. The summed E-state index contributed by atoms with van der Waals surface area (Å²) in [5, 5.41) is 0.451. The molecule has 0 saturated heterocycles. The van der Waals surface area contributed by atoms with Crippen molar-refractivity contribution in [3.63, 3.8) is 0 Å².